The number of hydrogen-bond donors (Lipinski definition) is 1. The number of nitrogens with one attached hydrogen (secondary N) is 1. The maximum atomic E-state index is 11.9. The standard InChI is InChI=1S/C14H20N2O3/c1-16-12(9-15-7-6-14(16)17)11-5-4-10(18-2)8-13(11)19-3/h4-5,8,12,15H,6-7,9H2,1-3H3. The normalized spacial score (nSPS) is 20.1. The molecule has 2 rings (SSSR count). The Morgan fingerprint density at radius 3 is 2.79 bits per heavy atom. The molecule has 1 unspecified atom stereocenters. The minimum atomic E-state index is -0.0177. The van der Waals surface area contributed by atoms with Gasteiger partial charge in [-0.1, -0.05) is 0 Å². The molecule has 1 fully saturated rings. The van der Waals surface area contributed by atoms with E-state index >= 15 is 0 Å². The number of likely N-dealkylation sites (N-methyl/N-ethyl adjacent to an activating group) is 1. The summed E-state index contributed by atoms with van der Waals surface area (Å²) >= 11 is 0. The number of hydrogen-bond acceptors (Lipinski definition) is 4. The van der Waals surface area contributed by atoms with Gasteiger partial charge in [-0.05, 0) is 12.1 Å². The molecular formula is C14H20N2O3. The first-order valence-corrected chi connectivity index (χ1v) is 6.35. The van der Waals surface area contributed by atoms with Crippen molar-refractivity contribution in [2.24, 2.45) is 0 Å². The highest BCUT2D eigenvalue weighted by atomic mass is 16.5. The summed E-state index contributed by atoms with van der Waals surface area (Å²) in [5, 5.41) is 3.29. The summed E-state index contributed by atoms with van der Waals surface area (Å²) in [5.41, 5.74) is 0.994. The largest absolute Gasteiger partial charge is 0.497 e. The van der Waals surface area contributed by atoms with Crippen LogP contribution in [-0.4, -0.2) is 45.2 Å². The molecule has 1 aromatic rings. The predicted molar refractivity (Wildman–Crippen MR) is 72.5 cm³/mol. The maximum Gasteiger partial charge on any atom is 0.224 e. The summed E-state index contributed by atoms with van der Waals surface area (Å²) in [6, 6.07) is 5.68. The van der Waals surface area contributed by atoms with Crippen LogP contribution in [0.25, 0.3) is 0 Å². The van der Waals surface area contributed by atoms with Gasteiger partial charge in [-0.3, -0.25) is 4.79 Å². The molecule has 0 bridgehead atoms. The summed E-state index contributed by atoms with van der Waals surface area (Å²) < 4.78 is 10.6. The fourth-order valence-corrected chi connectivity index (χ4v) is 2.33. The Hall–Kier alpha value is -1.75. The van der Waals surface area contributed by atoms with Crippen LogP contribution in [0.5, 0.6) is 11.5 Å². The number of carbonyl (C=O) groups is 1. The number of methoxy groups -OCH3 is 2. The SMILES string of the molecule is COc1ccc(C2CNCCC(=O)N2C)c(OC)c1. The van der Waals surface area contributed by atoms with Crippen LogP contribution in [-0.2, 0) is 4.79 Å². The number of rotatable bonds is 3. The lowest BCUT2D eigenvalue weighted by Crippen LogP contribution is -2.32. The van der Waals surface area contributed by atoms with Gasteiger partial charge in [0.25, 0.3) is 0 Å². The van der Waals surface area contributed by atoms with E-state index in [4.69, 9.17) is 9.47 Å². The zero-order valence-electron chi connectivity index (χ0n) is 11.6. The third-order valence-electron chi connectivity index (χ3n) is 3.51. The lowest BCUT2D eigenvalue weighted by molar-refractivity contribution is -0.131. The quantitative estimate of drug-likeness (QED) is 0.891. The topological polar surface area (TPSA) is 50.8 Å². The first-order chi connectivity index (χ1) is 9.17. The predicted octanol–water partition coefficient (Wildman–Crippen LogP) is 1.20. The van der Waals surface area contributed by atoms with Crippen molar-refractivity contribution in [2.75, 3.05) is 34.4 Å². The number of amides is 1. The van der Waals surface area contributed by atoms with Crippen molar-refractivity contribution in [1.29, 1.82) is 0 Å². The van der Waals surface area contributed by atoms with Crippen molar-refractivity contribution < 1.29 is 14.3 Å². The molecule has 1 heterocycles. The molecule has 1 aromatic carbocycles. The van der Waals surface area contributed by atoms with Gasteiger partial charge in [0.1, 0.15) is 11.5 Å². The molecule has 19 heavy (non-hydrogen) atoms. The van der Waals surface area contributed by atoms with E-state index in [1.807, 2.05) is 25.2 Å². The van der Waals surface area contributed by atoms with Gasteiger partial charge in [0.15, 0.2) is 0 Å². The van der Waals surface area contributed by atoms with Crippen LogP contribution >= 0.6 is 0 Å². The third-order valence-corrected chi connectivity index (χ3v) is 3.51. The number of nitrogens with zero attached hydrogens (tertiary/aromatic N) is 1. The average molecular weight is 264 g/mol. The number of benzene rings is 1. The zero-order valence-corrected chi connectivity index (χ0v) is 11.6. The van der Waals surface area contributed by atoms with Gasteiger partial charge in [0, 0.05) is 38.2 Å². The van der Waals surface area contributed by atoms with E-state index in [2.05, 4.69) is 5.32 Å². The molecule has 0 saturated carbocycles. The van der Waals surface area contributed by atoms with Crippen LogP contribution in [0.1, 0.15) is 18.0 Å². The summed E-state index contributed by atoms with van der Waals surface area (Å²) in [4.78, 5) is 13.7. The third kappa shape index (κ3) is 2.81. The summed E-state index contributed by atoms with van der Waals surface area (Å²) in [7, 11) is 5.09. The Morgan fingerprint density at radius 1 is 1.32 bits per heavy atom. The van der Waals surface area contributed by atoms with Crippen molar-refractivity contribution in [2.45, 2.75) is 12.5 Å². The second-order valence-electron chi connectivity index (χ2n) is 4.58. The molecule has 1 N–H and O–H groups in total. The molecule has 104 valence electrons. The minimum Gasteiger partial charge on any atom is -0.497 e. The van der Waals surface area contributed by atoms with Crippen LogP contribution in [0.2, 0.25) is 0 Å². The number of carbonyl (C=O) groups excluding carboxylic acids is 1. The summed E-state index contributed by atoms with van der Waals surface area (Å²) in [6.45, 7) is 1.45. The number of ether oxygens (including phenoxy) is 2. The molecule has 1 amide bonds. The molecule has 1 aliphatic heterocycles. The van der Waals surface area contributed by atoms with E-state index < -0.39 is 0 Å². The Balaban J connectivity index is 2.36. The van der Waals surface area contributed by atoms with Crippen molar-refractivity contribution in [1.82, 2.24) is 10.2 Å². The molecule has 0 radical (unpaired) electrons. The van der Waals surface area contributed by atoms with Crippen LogP contribution < -0.4 is 14.8 Å². The monoisotopic (exact) mass is 264 g/mol. The van der Waals surface area contributed by atoms with Gasteiger partial charge in [0.05, 0.1) is 20.3 Å². The molecule has 0 spiro atoms. The Morgan fingerprint density at radius 2 is 2.11 bits per heavy atom. The summed E-state index contributed by atoms with van der Waals surface area (Å²) in [6.07, 6.45) is 0.533. The lowest BCUT2D eigenvalue weighted by Gasteiger charge is -2.27. The highest BCUT2D eigenvalue weighted by molar-refractivity contribution is 5.77. The molecule has 0 aliphatic carbocycles. The molecule has 1 aliphatic rings. The maximum absolute atomic E-state index is 11.9. The van der Waals surface area contributed by atoms with E-state index in [1.54, 1.807) is 19.1 Å². The first kappa shape index (κ1) is 13.7. The highest BCUT2D eigenvalue weighted by Gasteiger charge is 2.26. The van der Waals surface area contributed by atoms with E-state index in [0.717, 1.165) is 30.2 Å². The van der Waals surface area contributed by atoms with Crippen LogP contribution in [0.4, 0.5) is 0 Å². The van der Waals surface area contributed by atoms with E-state index in [-0.39, 0.29) is 11.9 Å². The molecule has 5 nitrogen and oxygen atoms in total. The van der Waals surface area contributed by atoms with Crippen LogP contribution in [0, 0.1) is 0 Å². The van der Waals surface area contributed by atoms with Crippen molar-refractivity contribution in [3.8, 4) is 11.5 Å². The molecule has 0 aromatic heterocycles. The molecule has 5 heteroatoms. The second kappa shape index (κ2) is 5.93. The molecule has 1 atom stereocenters. The summed E-state index contributed by atoms with van der Waals surface area (Å²) in [5.74, 6) is 1.64. The molecular weight excluding hydrogens is 244 g/mol. The van der Waals surface area contributed by atoms with Gasteiger partial charge in [-0.2, -0.15) is 0 Å². The molecule has 1 saturated heterocycles. The van der Waals surface area contributed by atoms with E-state index in [9.17, 15) is 4.79 Å². The first-order valence-electron chi connectivity index (χ1n) is 6.35. The fourth-order valence-electron chi connectivity index (χ4n) is 2.33. The van der Waals surface area contributed by atoms with Gasteiger partial charge >= 0.3 is 0 Å². The van der Waals surface area contributed by atoms with Gasteiger partial charge < -0.3 is 19.7 Å². The minimum absolute atomic E-state index is 0.0177. The average Bonchev–Trinajstić information content (AvgIpc) is 2.61. The Kier molecular flexibility index (Phi) is 4.27. The fraction of sp³-hybridized carbons (Fsp3) is 0.500. The van der Waals surface area contributed by atoms with Gasteiger partial charge in [0.2, 0.25) is 5.91 Å². The highest BCUT2D eigenvalue weighted by Crippen LogP contribution is 2.32. The van der Waals surface area contributed by atoms with Crippen molar-refractivity contribution in [3.05, 3.63) is 23.8 Å². The van der Waals surface area contributed by atoms with Crippen LogP contribution in [0.15, 0.2) is 18.2 Å². The van der Waals surface area contributed by atoms with Gasteiger partial charge in [-0.25, -0.2) is 0 Å². The Labute approximate surface area is 113 Å². The Bertz CT molecular complexity index is 462. The van der Waals surface area contributed by atoms with E-state index in [1.165, 1.54) is 0 Å². The van der Waals surface area contributed by atoms with Crippen LogP contribution in [0.3, 0.4) is 0 Å². The van der Waals surface area contributed by atoms with Gasteiger partial charge in [-0.15, -0.1) is 0 Å². The lowest BCUT2D eigenvalue weighted by atomic mass is 10.0. The zero-order chi connectivity index (χ0) is 13.8. The van der Waals surface area contributed by atoms with Crippen molar-refractivity contribution in [3.63, 3.8) is 0 Å². The van der Waals surface area contributed by atoms with Crippen molar-refractivity contribution >= 4 is 5.91 Å². The smallest absolute Gasteiger partial charge is 0.224 e. The second-order valence-corrected chi connectivity index (χ2v) is 4.58. The van der Waals surface area contributed by atoms with E-state index in [0.29, 0.717) is 6.42 Å².